The molecule has 1 aliphatic heterocycles. The van der Waals surface area contributed by atoms with E-state index in [1.54, 1.807) is 6.33 Å². The first-order valence-corrected chi connectivity index (χ1v) is 7.86. The highest BCUT2D eigenvalue weighted by molar-refractivity contribution is 5.94. The van der Waals surface area contributed by atoms with Crippen molar-refractivity contribution in [3.63, 3.8) is 0 Å². The van der Waals surface area contributed by atoms with E-state index in [0.29, 0.717) is 12.2 Å². The summed E-state index contributed by atoms with van der Waals surface area (Å²) >= 11 is 0. The number of alkyl halides is 3. The Hall–Kier alpha value is -3.44. The molecular weight excluding hydrogens is 385 g/mol. The highest BCUT2D eigenvalue weighted by Gasteiger charge is 2.38. The number of carboxylic acid groups (broad SMARTS) is 2. The number of aryl methyl sites for hydroxylation is 1. The number of fused-ring (bicyclic) bond motifs is 1. The van der Waals surface area contributed by atoms with Crippen molar-refractivity contribution in [3.05, 3.63) is 42.2 Å². The van der Waals surface area contributed by atoms with E-state index in [9.17, 15) is 22.8 Å². The van der Waals surface area contributed by atoms with E-state index in [0.717, 1.165) is 18.5 Å². The van der Waals surface area contributed by atoms with Crippen LogP contribution in [0.5, 0.6) is 0 Å². The third-order valence-corrected chi connectivity index (χ3v) is 3.83. The Kier molecular flexibility index (Phi) is 6.33. The molecule has 0 spiro atoms. The number of rotatable bonds is 3. The van der Waals surface area contributed by atoms with Crippen LogP contribution in [0.25, 0.3) is 0 Å². The Bertz CT molecular complexity index is 881. The third kappa shape index (κ3) is 5.53. The van der Waals surface area contributed by atoms with Crippen molar-refractivity contribution in [2.24, 2.45) is 5.92 Å². The molecule has 0 saturated carbocycles. The summed E-state index contributed by atoms with van der Waals surface area (Å²) in [5, 5.41) is 18.8. The molecule has 3 heterocycles. The molecule has 1 atom stereocenters. The molecule has 9 nitrogen and oxygen atoms in total. The zero-order valence-corrected chi connectivity index (χ0v) is 14.2. The van der Waals surface area contributed by atoms with Gasteiger partial charge in [-0.1, -0.05) is 0 Å². The number of aliphatic carboxylic acids is 1. The molecule has 1 unspecified atom stereocenters. The molecule has 0 aliphatic carbocycles. The summed E-state index contributed by atoms with van der Waals surface area (Å²) < 4.78 is 33.7. The van der Waals surface area contributed by atoms with Crippen molar-refractivity contribution in [2.75, 3.05) is 5.32 Å². The van der Waals surface area contributed by atoms with Crippen LogP contribution in [0.4, 0.5) is 18.9 Å². The van der Waals surface area contributed by atoms with E-state index in [1.165, 1.54) is 18.5 Å². The van der Waals surface area contributed by atoms with Gasteiger partial charge in [-0.25, -0.2) is 14.6 Å². The van der Waals surface area contributed by atoms with Gasteiger partial charge in [-0.2, -0.15) is 13.2 Å². The van der Waals surface area contributed by atoms with Gasteiger partial charge < -0.3 is 20.1 Å². The molecule has 3 N–H and O–H groups in total. The van der Waals surface area contributed by atoms with Crippen molar-refractivity contribution in [2.45, 2.75) is 25.6 Å². The van der Waals surface area contributed by atoms with Gasteiger partial charge >= 0.3 is 18.1 Å². The molecule has 3 rings (SSSR count). The number of hydrogen-bond acceptors (Lipinski definition) is 5. The number of imidazole rings is 1. The lowest BCUT2D eigenvalue weighted by atomic mass is 9.97. The van der Waals surface area contributed by atoms with Crippen LogP contribution in [0.15, 0.2) is 31.0 Å². The van der Waals surface area contributed by atoms with E-state index in [2.05, 4.69) is 15.3 Å². The van der Waals surface area contributed by atoms with Gasteiger partial charge in [-0.15, -0.1) is 0 Å². The number of carboxylic acids is 2. The zero-order valence-electron chi connectivity index (χ0n) is 14.2. The average molecular weight is 400 g/mol. The van der Waals surface area contributed by atoms with Crippen molar-refractivity contribution in [1.82, 2.24) is 14.5 Å². The van der Waals surface area contributed by atoms with Crippen LogP contribution >= 0.6 is 0 Å². The van der Waals surface area contributed by atoms with Gasteiger partial charge in [-0.3, -0.25) is 9.78 Å². The molecule has 0 saturated heterocycles. The fourth-order valence-electron chi connectivity index (χ4n) is 2.46. The first kappa shape index (κ1) is 20.9. The Morgan fingerprint density at radius 2 is 1.82 bits per heavy atom. The largest absolute Gasteiger partial charge is 0.490 e. The summed E-state index contributed by atoms with van der Waals surface area (Å²) in [6.07, 6.45) is 2.71. The van der Waals surface area contributed by atoms with E-state index in [-0.39, 0.29) is 17.4 Å². The maximum absolute atomic E-state index is 12.3. The summed E-state index contributed by atoms with van der Waals surface area (Å²) in [5.74, 6) is -4.11. The van der Waals surface area contributed by atoms with Gasteiger partial charge in [0.2, 0.25) is 5.91 Å². The van der Waals surface area contributed by atoms with Gasteiger partial charge in [0.1, 0.15) is 0 Å². The summed E-state index contributed by atoms with van der Waals surface area (Å²) in [4.78, 5) is 39.9. The number of carbonyl (C=O) groups excluding carboxylic acids is 1. The van der Waals surface area contributed by atoms with Crippen LogP contribution in [0.2, 0.25) is 0 Å². The minimum Gasteiger partial charge on any atom is -0.478 e. The maximum Gasteiger partial charge on any atom is 0.490 e. The molecule has 12 heteroatoms. The zero-order chi connectivity index (χ0) is 20.9. The number of nitrogens with zero attached hydrogens (tertiary/aromatic N) is 3. The lowest BCUT2D eigenvalue weighted by molar-refractivity contribution is -0.192. The second-order valence-electron chi connectivity index (χ2n) is 5.83. The number of halogens is 3. The number of anilines is 1. The number of carbonyl (C=O) groups is 3. The van der Waals surface area contributed by atoms with Crippen LogP contribution in [-0.4, -0.2) is 48.8 Å². The van der Waals surface area contributed by atoms with Crippen molar-refractivity contribution in [3.8, 4) is 0 Å². The molecule has 0 radical (unpaired) electrons. The minimum atomic E-state index is -5.08. The lowest BCUT2D eigenvalue weighted by Crippen LogP contribution is -2.30. The predicted molar refractivity (Wildman–Crippen MR) is 87.6 cm³/mol. The second kappa shape index (κ2) is 8.50. The van der Waals surface area contributed by atoms with Crippen LogP contribution in [0.3, 0.4) is 0 Å². The van der Waals surface area contributed by atoms with E-state index < -0.39 is 18.1 Å². The summed E-state index contributed by atoms with van der Waals surface area (Å²) in [5.41, 5.74) is 1.58. The van der Waals surface area contributed by atoms with Crippen LogP contribution in [-0.2, 0) is 22.6 Å². The number of nitrogens with one attached hydrogen (secondary N) is 1. The second-order valence-corrected chi connectivity index (χ2v) is 5.83. The Labute approximate surface area is 155 Å². The molecule has 0 bridgehead atoms. The molecule has 28 heavy (non-hydrogen) atoms. The first-order chi connectivity index (χ1) is 13.1. The summed E-state index contributed by atoms with van der Waals surface area (Å²) in [7, 11) is 0. The van der Waals surface area contributed by atoms with Gasteiger partial charge in [0, 0.05) is 24.6 Å². The van der Waals surface area contributed by atoms with Crippen LogP contribution < -0.4 is 5.32 Å². The molecule has 150 valence electrons. The molecule has 0 fully saturated rings. The third-order valence-electron chi connectivity index (χ3n) is 3.83. The molecule has 2 aromatic rings. The number of aromatic carboxylic acids is 1. The van der Waals surface area contributed by atoms with E-state index in [1.807, 2.05) is 10.8 Å². The minimum absolute atomic E-state index is 0.0494. The Morgan fingerprint density at radius 3 is 2.43 bits per heavy atom. The molecule has 1 aliphatic rings. The Balaban J connectivity index is 0.000000345. The average Bonchev–Trinajstić information content (AvgIpc) is 3.09. The molecular formula is C16H15F3N4O5. The number of amides is 1. The maximum atomic E-state index is 12.3. The van der Waals surface area contributed by atoms with Crippen LogP contribution in [0.1, 0.15) is 22.5 Å². The topological polar surface area (TPSA) is 134 Å². The number of pyridine rings is 1. The molecule has 0 aromatic carbocycles. The van der Waals surface area contributed by atoms with Gasteiger partial charge in [0.05, 0.1) is 29.7 Å². The Morgan fingerprint density at radius 1 is 1.14 bits per heavy atom. The van der Waals surface area contributed by atoms with Gasteiger partial charge in [0.25, 0.3) is 0 Å². The van der Waals surface area contributed by atoms with Gasteiger partial charge in [-0.05, 0) is 18.9 Å². The molecule has 1 amide bonds. The number of hydrogen-bond donors (Lipinski definition) is 3. The fraction of sp³-hybridized carbons (Fsp3) is 0.312. The number of aromatic nitrogens is 3. The van der Waals surface area contributed by atoms with E-state index in [4.69, 9.17) is 15.0 Å². The predicted octanol–water partition coefficient (Wildman–Crippen LogP) is 1.81. The van der Waals surface area contributed by atoms with Crippen LogP contribution in [0, 0.1) is 5.92 Å². The lowest BCUT2D eigenvalue weighted by Gasteiger charge is -2.23. The monoisotopic (exact) mass is 400 g/mol. The smallest absolute Gasteiger partial charge is 0.478 e. The molecule has 2 aromatic heterocycles. The highest BCUT2D eigenvalue weighted by Crippen LogP contribution is 2.21. The van der Waals surface area contributed by atoms with Crippen molar-refractivity contribution >= 4 is 23.5 Å². The standard InChI is InChI=1S/C14H14N4O3.C2HF3O2/c19-13(9-1-2-12-6-16-8-18(12)7-9)17-11-3-10(14(20)21)4-15-5-11;3-2(4,5)1(6)7/h3-6,8-9H,1-2,7H2,(H,17,19)(H,20,21);(H,6,7). The van der Waals surface area contributed by atoms with Crippen molar-refractivity contribution < 1.29 is 37.8 Å². The summed E-state index contributed by atoms with van der Waals surface area (Å²) in [6.45, 7) is 0.590. The fourth-order valence-corrected chi connectivity index (χ4v) is 2.46. The summed E-state index contributed by atoms with van der Waals surface area (Å²) in [6, 6.07) is 1.40. The van der Waals surface area contributed by atoms with Crippen molar-refractivity contribution in [1.29, 1.82) is 0 Å². The first-order valence-electron chi connectivity index (χ1n) is 7.86. The van der Waals surface area contributed by atoms with Gasteiger partial charge in [0.15, 0.2) is 0 Å². The normalized spacial score (nSPS) is 15.6. The SMILES string of the molecule is O=C(O)C(F)(F)F.O=C(O)c1cncc(NC(=O)C2CCc3cncn3C2)c1. The van der Waals surface area contributed by atoms with E-state index >= 15 is 0 Å². The highest BCUT2D eigenvalue weighted by atomic mass is 19.4. The quantitative estimate of drug-likeness (QED) is 0.715.